The molecular weight excluding hydrogens is 677 g/mol. The van der Waals surface area contributed by atoms with Crippen molar-refractivity contribution in [1.82, 2.24) is 9.97 Å². The fraction of sp³-hybridized carbons (Fsp3) is 0. The molecule has 0 amide bonds. The van der Waals surface area contributed by atoms with E-state index in [1.54, 1.807) is 0 Å². The van der Waals surface area contributed by atoms with Gasteiger partial charge in [-0.2, -0.15) is 0 Å². The summed E-state index contributed by atoms with van der Waals surface area (Å²) in [5, 5.41) is 12.4. The molecule has 0 N–H and O–H groups in total. The van der Waals surface area contributed by atoms with Gasteiger partial charge in [-0.3, -0.25) is 0 Å². The predicted octanol–water partition coefficient (Wildman–Crippen LogP) is 14.6. The first-order chi connectivity index (χ1) is 27.8. The van der Waals surface area contributed by atoms with Crippen molar-refractivity contribution in [3.63, 3.8) is 0 Å². The molecule has 0 saturated heterocycles. The van der Waals surface area contributed by atoms with E-state index in [0.717, 1.165) is 28.1 Å². The van der Waals surface area contributed by atoms with Crippen LogP contribution in [0.5, 0.6) is 0 Å². The minimum Gasteiger partial charge on any atom is -0.228 e. The zero-order valence-corrected chi connectivity index (χ0v) is 30.5. The highest BCUT2D eigenvalue weighted by molar-refractivity contribution is 6.28. The van der Waals surface area contributed by atoms with E-state index in [-0.39, 0.29) is 0 Å². The number of fused-ring (bicyclic) bond motifs is 7. The fourth-order valence-electron chi connectivity index (χ4n) is 8.60. The summed E-state index contributed by atoms with van der Waals surface area (Å²) in [6.45, 7) is 0. The van der Waals surface area contributed by atoms with Crippen molar-refractivity contribution in [1.29, 1.82) is 0 Å². The van der Waals surface area contributed by atoms with Crippen LogP contribution in [-0.2, 0) is 0 Å². The number of benzene rings is 10. The minimum absolute atomic E-state index is 0.709. The second-order valence-corrected chi connectivity index (χ2v) is 14.5. The molecule has 0 bridgehead atoms. The molecule has 10 aromatic carbocycles. The highest BCUT2D eigenvalue weighted by Gasteiger charge is 2.19. The Hall–Kier alpha value is -7.42. The van der Waals surface area contributed by atoms with Crippen molar-refractivity contribution < 1.29 is 0 Å². The van der Waals surface area contributed by atoms with Crippen LogP contribution < -0.4 is 0 Å². The zero-order valence-electron chi connectivity index (χ0n) is 30.5. The Kier molecular flexibility index (Phi) is 7.53. The third kappa shape index (κ3) is 5.34. The molecule has 11 rings (SSSR count). The first-order valence-corrected chi connectivity index (χ1v) is 19.2. The zero-order chi connectivity index (χ0) is 37.0. The number of nitrogens with zero attached hydrogens (tertiary/aromatic N) is 2. The van der Waals surface area contributed by atoms with Gasteiger partial charge in [0.2, 0.25) is 0 Å². The van der Waals surface area contributed by atoms with Gasteiger partial charge in [0.15, 0.2) is 5.82 Å². The Bertz CT molecular complexity index is 3280. The molecule has 1 aromatic heterocycles. The lowest BCUT2D eigenvalue weighted by atomic mass is 9.84. The molecule has 0 atom stereocenters. The predicted molar refractivity (Wildman–Crippen MR) is 237 cm³/mol. The molecular formula is C54H34N2. The van der Waals surface area contributed by atoms with Gasteiger partial charge < -0.3 is 0 Å². The van der Waals surface area contributed by atoms with Crippen LogP contribution in [0.25, 0.3) is 110 Å². The quantitative estimate of drug-likeness (QED) is 0.131. The van der Waals surface area contributed by atoms with Crippen molar-refractivity contribution >= 4 is 53.9 Å². The van der Waals surface area contributed by atoms with Crippen LogP contribution >= 0.6 is 0 Å². The van der Waals surface area contributed by atoms with E-state index in [9.17, 15) is 0 Å². The van der Waals surface area contributed by atoms with Crippen LogP contribution in [0.3, 0.4) is 0 Å². The molecule has 2 nitrogen and oxygen atoms in total. The van der Waals surface area contributed by atoms with Gasteiger partial charge in [0.05, 0.1) is 11.4 Å². The molecule has 0 aliphatic heterocycles. The summed E-state index contributed by atoms with van der Waals surface area (Å²) < 4.78 is 0. The number of aromatic nitrogens is 2. The molecule has 0 unspecified atom stereocenters. The van der Waals surface area contributed by atoms with Crippen LogP contribution in [0, 0.1) is 0 Å². The maximum absolute atomic E-state index is 5.17. The third-order valence-corrected chi connectivity index (χ3v) is 11.2. The summed E-state index contributed by atoms with van der Waals surface area (Å²) in [4.78, 5) is 10.3. The van der Waals surface area contributed by atoms with Crippen molar-refractivity contribution in [3.05, 3.63) is 206 Å². The fourth-order valence-corrected chi connectivity index (χ4v) is 8.60. The van der Waals surface area contributed by atoms with E-state index in [1.165, 1.54) is 76.1 Å². The van der Waals surface area contributed by atoms with Crippen molar-refractivity contribution in [3.8, 4) is 56.2 Å². The first-order valence-electron chi connectivity index (χ1n) is 19.2. The monoisotopic (exact) mass is 710 g/mol. The van der Waals surface area contributed by atoms with Gasteiger partial charge in [0.25, 0.3) is 0 Å². The van der Waals surface area contributed by atoms with Crippen LogP contribution in [0.4, 0.5) is 0 Å². The van der Waals surface area contributed by atoms with Gasteiger partial charge in [-0.05, 0) is 88.2 Å². The molecule has 0 fully saturated rings. The van der Waals surface area contributed by atoms with Crippen molar-refractivity contribution in [2.24, 2.45) is 0 Å². The lowest BCUT2D eigenvalue weighted by molar-refractivity contribution is 1.18. The summed E-state index contributed by atoms with van der Waals surface area (Å²) >= 11 is 0. The average Bonchev–Trinajstić information content (AvgIpc) is 3.28. The molecule has 260 valence electrons. The van der Waals surface area contributed by atoms with E-state index < -0.39 is 0 Å². The summed E-state index contributed by atoms with van der Waals surface area (Å²) in [5.41, 5.74) is 9.79. The van der Waals surface area contributed by atoms with Crippen molar-refractivity contribution in [2.45, 2.75) is 0 Å². The van der Waals surface area contributed by atoms with Gasteiger partial charge >= 0.3 is 0 Å². The molecule has 2 heteroatoms. The lowest BCUT2D eigenvalue weighted by Crippen LogP contribution is -1.96. The van der Waals surface area contributed by atoms with Crippen LogP contribution in [-0.4, -0.2) is 9.97 Å². The number of hydrogen-bond acceptors (Lipinski definition) is 2. The molecule has 56 heavy (non-hydrogen) atoms. The maximum Gasteiger partial charge on any atom is 0.160 e. The standard InChI is InChI=1S/C54H34N2/c1-3-15-38(16-4-1)52-47-22-12-11-21-46(47)51(48-32-29-36-14-8-10-20-45(36)53(48)52)39-26-24-37(25-27-39)49-34-50(56-54(55-49)40-17-5-2-6-18-40)42-30-31-44-41(33-42)28-23-35-13-7-9-19-43(35)44/h1-34H. The van der Waals surface area contributed by atoms with Crippen LogP contribution in [0.1, 0.15) is 0 Å². The van der Waals surface area contributed by atoms with E-state index >= 15 is 0 Å². The van der Waals surface area contributed by atoms with Gasteiger partial charge in [0, 0.05) is 16.7 Å². The largest absolute Gasteiger partial charge is 0.228 e. The SMILES string of the molecule is c1ccc(-c2nc(-c3ccc(-c4c5ccccc5c(-c5ccccc5)c5c4ccc4ccccc45)cc3)cc(-c3ccc4c(ccc5ccccc54)c3)n2)cc1. The Labute approximate surface area is 325 Å². The summed E-state index contributed by atoms with van der Waals surface area (Å²) in [5.74, 6) is 0.709. The molecule has 0 spiro atoms. The van der Waals surface area contributed by atoms with Crippen LogP contribution in [0.2, 0.25) is 0 Å². The molecule has 11 aromatic rings. The molecule has 0 radical (unpaired) electrons. The van der Waals surface area contributed by atoms with E-state index in [2.05, 4.69) is 188 Å². The van der Waals surface area contributed by atoms with E-state index in [1.807, 2.05) is 18.2 Å². The smallest absolute Gasteiger partial charge is 0.160 e. The number of hydrogen-bond donors (Lipinski definition) is 0. The number of rotatable bonds is 5. The van der Waals surface area contributed by atoms with Gasteiger partial charge in [-0.25, -0.2) is 9.97 Å². The van der Waals surface area contributed by atoms with E-state index in [0.29, 0.717) is 5.82 Å². The molecule has 0 aliphatic carbocycles. The Balaban J connectivity index is 1.09. The summed E-state index contributed by atoms with van der Waals surface area (Å²) in [6, 6.07) is 74.1. The van der Waals surface area contributed by atoms with Crippen LogP contribution in [0.15, 0.2) is 206 Å². The topological polar surface area (TPSA) is 25.8 Å². The average molecular weight is 711 g/mol. The molecule has 0 saturated carbocycles. The molecule has 0 aliphatic rings. The Morgan fingerprint density at radius 3 is 1.45 bits per heavy atom. The lowest BCUT2D eigenvalue weighted by Gasteiger charge is -2.19. The maximum atomic E-state index is 5.17. The van der Waals surface area contributed by atoms with E-state index in [4.69, 9.17) is 9.97 Å². The highest BCUT2D eigenvalue weighted by Crippen LogP contribution is 2.46. The molecule has 1 heterocycles. The van der Waals surface area contributed by atoms with Gasteiger partial charge in [0.1, 0.15) is 0 Å². The Morgan fingerprint density at radius 2 is 0.714 bits per heavy atom. The highest BCUT2D eigenvalue weighted by atomic mass is 14.9. The Morgan fingerprint density at radius 1 is 0.250 bits per heavy atom. The van der Waals surface area contributed by atoms with Gasteiger partial charge in [-0.1, -0.05) is 194 Å². The second kappa shape index (κ2) is 13.2. The van der Waals surface area contributed by atoms with Gasteiger partial charge in [-0.15, -0.1) is 0 Å². The van der Waals surface area contributed by atoms with Crippen molar-refractivity contribution in [2.75, 3.05) is 0 Å². The first kappa shape index (κ1) is 32.0. The normalized spacial score (nSPS) is 11.6. The summed E-state index contributed by atoms with van der Waals surface area (Å²) in [6.07, 6.45) is 0. The summed E-state index contributed by atoms with van der Waals surface area (Å²) in [7, 11) is 0. The third-order valence-electron chi connectivity index (χ3n) is 11.2. The minimum atomic E-state index is 0.709. The second-order valence-electron chi connectivity index (χ2n) is 14.5.